The number of amides is 1. The average Bonchev–Trinajstić information content (AvgIpc) is 2.95. The highest BCUT2D eigenvalue weighted by atomic mass is 32.1. The molecular formula is C14H15N3O3S. The lowest BCUT2D eigenvalue weighted by Crippen LogP contribution is -2.41. The standard InChI is InChI=1S/C14H15N3O3S/c15-10(6-9-4-2-1-3-5-9)13(18)16-7-12-17-11(8-21-12)14(19)20/h1-5,8,10H,6-7,15H2,(H,16,18)(H,19,20). The van der Waals surface area contributed by atoms with Crippen molar-refractivity contribution < 1.29 is 14.7 Å². The summed E-state index contributed by atoms with van der Waals surface area (Å²) in [6.07, 6.45) is 0.449. The van der Waals surface area contributed by atoms with Crippen molar-refractivity contribution in [2.45, 2.75) is 19.0 Å². The Morgan fingerprint density at radius 2 is 2.05 bits per heavy atom. The molecule has 0 fully saturated rings. The first-order valence-corrected chi connectivity index (χ1v) is 7.19. The van der Waals surface area contributed by atoms with Gasteiger partial charge >= 0.3 is 5.97 Å². The lowest BCUT2D eigenvalue weighted by Gasteiger charge is -2.11. The number of carboxylic acids is 1. The molecule has 0 bridgehead atoms. The van der Waals surface area contributed by atoms with Crippen molar-refractivity contribution in [2.75, 3.05) is 0 Å². The van der Waals surface area contributed by atoms with Gasteiger partial charge in [-0.2, -0.15) is 0 Å². The summed E-state index contributed by atoms with van der Waals surface area (Å²) < 4.78 is 0. The Kier molecular flexibility index (Phi) is 5.02. The number of nitrogens with two attached hydrogens (primary N) is 1. The predicted molar refractivity (Wildman–Crippen MR) is 79.0 cm³/mol. The number of carbonyl (C=O) groups excluding carboxylic acids is 1. The van der Waals surface area contributed by atoms with E-state index in [4.69, 9.17) is 10.8 Å². The van der Waals surface area contributed by atoms with Crippen LogP contribution in [0.5, 0.6) is 0 Å². The molecule has 4 N–H and O–H groups in total. The van der Waals surface area contributed by atoms with E-state index < -0.39 is 12.0 Å². The van der Waals surface area contributed by atoms with Gasteiger partial charge in [-0.3, -0.25) is 4.79 Å². The molecule has 0 aliphatic rings. The molecule has 2 rings (SSSR count). The molecule has 1 amide bonds. The van der Waals surface area contributed by atoms with Crippen molar-refractivity contribution in [2.24, 2.45) is 5.73 Å². The van der Waals surface area contributed by atoms with Gasteiger partial charge in [0.15, 0.2) is 5.69 Å². The molecule has 110 valence electrons. The third-order valence-electron chi connectivity index (χ3n) is 2.82. The summed E-state index contributed by atoms with van der Waals surface area (Å²) in [5, 5.41) is 13.4. The number of aromatic nitrogens is 1. The molecule has 1 heterocycles. The minimum atomic E-state index is -1.08. The van der Waals surface area contributed by atoms with Gasteiger partial charge in [-0.25, -0.2) is 9.78 Å². The van der Waals surface area contributed by atoms with Crippen LogP contribution in [0.1, 0.15) is 21.1 Å². The maximum absolute atomic E-state index is 11.9. The van der Waals surface area contributed by atoms with Gasteiger partial charge in [-0.05, 0) is 12.0 Å². The minimum absolute atomic E-state index is 0.0159. The van der Waals surface area contributed by atoms with Crippen LogP contribution < -0.4 is 11.1 Å². The summed E-state index contributed by atoms with van der Waals surface area (Å²) in [6, 6.07) is 8.86. The number of carboxylic acid groups (broad SMARTS) is 1. The van der Waals surface area contributed by atoms with Crippen LogP contribution in [0.2, 0.25) is 0 Å². The summed E-state index contributed by atoms with van der Waals surface area (Å²) >= 11 is 1.19. The van der Waals surface area contributed by atoms with Crippen LogP contribution in [-0.4, -0.2) is 28.0 Å². The van der Waals surface area contributed by atoms with Crippen molar-refractivity contribution in [1.29, 1.82) is 0 Å². The first-order chi connectivity index (χ1) is 10.1. The summed E-state index contributed by atoms with van der Waals surface area (Å²) in [4.78, 5) is 26.5. The normalized spacial score (nSPS) is 11.9. The molecule has 0 aliphatic carbocycles. The van der Waals surface area contributed by atoms with Gasteiger partial charge in [0.2, 0.25) is 5.91 Å². The molecule has 1 aromatic carbocycles. The fourth-order valence-corrected chi connectivity index (χ4v) is 2.45. The largest absolute Gasteiger partial charge is 0.476 e. The molecule has 1 atom stereocenters. The van der Waals surface area contributed by atoms with E-state index in [0.717, 1.165) is 5.56 Å². The van der Waals surface area contributed by atoms with E-state index in [1.807, 2.05) is 30.3 Å². The zero-order chi connectivity index (χ0) is 15.2. The number of hydrogen-bond donors (Lipinski definition) is 3. The highest BCUT2D eigenvalue weighted by molar-refractivity contribution is 7.09. The molecule has 1 unspecified atom stereocenters. The summed E-state index contributed by atoms with van der Waals surface area (Å²) in [7, 11) is 0. The average molecular weight is 305 g/mol. The second-order valence-corrected chi connectivity index (χ2v) is 5.39. The quantitative estimate of drug-likeness (QED) is 0.739. The maximum Gasteiger partial charge on any atom is 0.355 e. The van der Waals surface area contributed by atoms with Gasteiger partial charge in [0, 0.05) is 5.38 Å². The van der Waals surface area contributed by atoms with Crippen molar-refractivity contribution in [3.05, 3.63) is 52.0 Å². The lowest BCUT2D eigenvalue weighted by molar-refractivity contribution is -0.122. The number of thiazole rings is 1. The zero-order valence-electron chi connectivity index (χ0n) is 11.2. The SMILES string of the molecule is NC(Cc1ccccc1)C(=O)NCc1nc(C(=O)O)cs1. The summed E-state index contributed by atoms with van der Waals surface area (Å²) in [5.41, 5.74) is 6.82. The fraction of sp³-hybridized carbons (Fsp3) is 0.214. The highest BCUT2D eigenvalue weighted by Crippen LogP contribution is 2.09. The number of nitrogens with zero attached hydrogens (tertiary/aromatic N) is 1. The van der Waals surface area contributed by atoms with E-state index in [-0.39, 0.29) is 18.1 Å². The van der Waals surface area contributed by atoms with Gasteiger partial charge in [0.1, 0.15) is 5.01 Å². The highest BCUT2D eigenvalue weighted by Gasteiger charge is 2.15. The Morgan fingerprint density at radius 3 is 2.67 bits per heavy atom. The molecule has 7 heteroatoms. The third-order valence-corrected chi connectivity index (χ3v) is 3.67. The third kappa shape index (κ3) is 4.37. The van der Waals surface area contributed by atoms with Gasteiger partial charge < -0.3 is 16.2 Å². The number of rotatable bonds is 6. The van der Waals surface area contributed by atoms with Crippen molar-refractivity contribution in [1.82, 2.24) is 10.3 Å². The van der Waals surface area contributed by atoms with Crippen LogP contribution in [0.15, 0.2) is 35.7 Å². The van der Waals surface area contributed by atoms with Crippen LogP contribution in [0.4, 0.5) is 0 Å². The van der Waals surface area contributed by atoms with Crippen LogP contribution in [0.25, 0.3) is 0 Å². The van der Waals surface area contributed by atoms with Gasteiger partial charge in [0.05, 0.1) is 12.6 Å². The van der Waals surface area contributed by atoms with Crippen LogP contribution in [-0.2, 0) is 17.8 Å². The van der Waals surface area contributed by atoms with E-state index in [1.165, 1.54) is 16.7 Å². The molecule has 6 nitrogen and oxygen atoms in total. The zero-order valence-corrected chi connectivity index (χ0v) is 12.0. The second kappa shape index (κ2) is 6.96. The lowest BCUT2D eigenvalue weighted by atomic mass is 10.1. The summed E-state index contributed by atoms with van der Waals surface area (Å²) in [6.45, 7) is 0.180. The smallest absolute Gasteiger partial charge is 0.355 e. The molecule has 1 aromatic heterocycles. The van der Waals surface area contributed by atoms with Gasteiger partial charge in [-0.15, -0.1) is 11.3 Å². The predicted octanol–water partition coefficient (Wildman–Crippen LogP) is 1.03. The molecule has 2 aromatic rings. The van der Waals surface area contributed by atoms with Crippen LogP contribution in [0, 0.1) is 0 Å². The Bertz CT molecular complexity index is 627. The molecule has 0 aliphatic heterocycles. The molecule has 0 saturated carbocycles. The fourth-order valence-electron chi connectivity index (χ4n) is 1.74. The van der Waals surface area contributed by atoms with Crippen molar-refractivity contribution >= 4 is 23.2 Å². The number of carbonyl (C=O) groups is 2. The minimum Gasteiger partial charge on any atom is -0.476 e. The van der Waals surface area contributed by atoms with Gasteiger partial charge in [-0.1, -0.05) is 30.3 Å². The molecule has 0 saturated heterocycles. The molecular weight excluding hydrogens is 290 g/mol. The van der Waals surface area contributed by atoms with E-state index in [2.05, 4.69) is 10.3 Å². The second-order valence-electron chi connectivity index (χ2n) is 4.45. The Labute approximate surface area is 125 Å². The monoisotopic (exact) mass is 305 g/mol. The van der Waals surface area contributed by atoms with E-state index in [9.17, 15) is 9.59 Å². The van der Waals surface area contributed by atoms with Crippen LogP contribution in [0.3, 0.4) is 0 Å². The first kappa shape index (κ1) is 15.1. The molecule has 0 spiro atoms. The number of benzene rings is 1. The van der Waals surface area contributed by atoms with Crippen molar-refractivity contribution in [3.63, 3.8) is 0 Å². The molecule has 21 heavy (non-hydrogen) atoms. The van der Waals surface area contributed by atoms with E-state index in [1.54, 1.807) is 0 Å². The Morgan fingerprint density at radius 1 is 1.33 bits per heavy atom. The van der Waals surface area contributed by atoms with E-state index in [0.29, 0.717) is 11.4 Å². The first-order valence-electron chi connectivity index (χ1n) is 6.31. The number of nitrogens with one attached hydrogen (secondary N) is 1. The number of hydrogen-bond acceptors (Lipinski definition) is 5. The van der Waals surface area contributed by atoms with Gasteiger partial charge in [0.25, 0.3) is 0 Å². The topological polar surface area (TPSA) is 105 Å². The molecule has 0 radical (unpaired) electrons. The maximum atomic E-state index is 11.9. The van der Waals surface area contributed by atoms with Crippen molar-refractivity contribution in [3.8, 4) is 0 Å². The van der Waals surface area contributed by atoms with Crippen LogP contribution >= 0.6 is 11.3 Å². The Hall–Kier alpha value is -2.25. The van der Waals surface area contributed by atoms with E-state index >= 15 is 0 Å². The Balaban J connectivity index is 1.84. The number of aromatic carboxylic acids is 1. The summed E-state index contributed by atoms with van der Waals surface area (Å²) in [5.74, 6) is -1.37.